The number of H-pyrrole nitrogens is 2. The molecule has 27 heavy (non-hydrogen) atoms. The summed E-state index contributed by atoms with van der Waals surface area (Å²) in [5.41, 5.74) is 2.41. The lowest BCUT2D eigenvalue weighted by atomic mass is 10.2. The van der Waals surface area contributed by atoms with E-state index in [0.29, 0.717) is 5.52 Å². The molecular weight excluding hydrogens is 344 g/mol. The molecule has 0 fully saturated rings. The molecular formula is C20H14N4O3. The molecule has 2 aromatic carbocycles. The van der Waals surface area contributed by atoms with Crippen LogP contribution in [0.2, 0.25) is 0 Å². The average Bonchev–Trinajstić information content (AvgIpc) is 3.30. The number of para-hydroxylation sites is 3. The predicted molar refractivity (Wildman–Crippen MR) is 99.8 cm³/mol. The van der Waals surface area contributed by atoms with Crippen LogP contribution in [-0.2, 0) is 4.74 Å². The van der Waals surface area contributed by atoms with Crippen molar-refractivity contribution in [2.45, 2.75) is 0 Å². The number of aromatic nitrogens is 3. The van der Waals surface area contributed by atoms with Gasteiger partial charge in [0, 0.05) is 10.9 Å². The Balaban J connectivity index is 1.54. The Kier molecular flexibility index (Phi) is 4.07. The first-order chi connectivity index (χ1) is 13.2. The van der Waals surface area contributed by atoms with E-state index in [9.17, 15) is 15.2 Å². The number of rotatable bonds is 4. The molecule has 4 aromatic rings. The SMILES string of the molecule is N#C/C(=C(/O)COC(=O)c1cc2ccccc2[nH]1)c1nc2ccccc2[nH]1. The molecule has 2 heterocycles. The second-order valence-corrected chi connectivity index (χ2v) is 5.88. The zero-order valence-electron chi connectivity index (χ0n) is 14.1. The third-order valence-electron chi connectivity index (χ3n) is 4.12. The number of aliphatic hydroxyl groups is 1. The number of nitrogens with one attached hydrogen (secondary N) is 2. The molecule has 2 aromatic heterocycles. The van der Waals surface area contributed by atoms with E-state index in [0.717, 1.165) is 16.4 Å². The van der Waals surface area contributed by atoms with E-state index in [2.05, 4.69) is 15.0 Å². The first-order valence-electron chi connectivity index (χ1n) is 8.18. The van der Waals surface area contributed by atoms with Crippen LogP contribution in [0, 0.1) is 11.3 Å². The summed E-state index contributed by atoms with van der Waals surface area (Å²) < 4.78 is 5.13. The van der Waals surface area contributed by atoms with E-state index in [1.165, 1.54) is 0 Å². The molecule has 0 amide bonds. The van der Waals surface area contributed by atoms with Crippen LogP contribution in [0.4, 0.5) is 0 Å². The Bertz CT molecular complexity index is 1160. The minimum atomic E-state index is -0.625. The number of carbonyl (C=O) groups is 1. The van der Waals surface area contributed by atoms with Gasteiger partial charge >= 0.3 is 5.97 Å². The number of nitrogens with zero attached hydrogens (tertiary/aromatic N) is 2. The first kappa shape index (κ1) is 16.4. The van der Waals surface area contributed by atoms with Gasteiger partial charge in [-0.1, -0.05) is 30.3 Å². The first-order valence-corrected chi connectivity index (χ1v) is 8.18. The molecule has 0 aliphatic carbocycles. The van der Waals surface area contributed by atoms with E-state index in [-0.39, 0.29) is 22.9 Å². The third-order valence-corrected chi connectivity index (χ3v) is 4.12. The van der Waals surface area contributed by atoms with Crippen LogP contribution < -0.4 is 0 Å². The molecule has 0 saturated carbocycles. The van der Waals surface area contributed by atoms with Crippen molar-refractivity contribution >= 4 is 33.5 Å². The number of hydrogen-bond acceptors (Lipinski definition) is 5. The fourth-order valence-corrected chi connectivity index (χ4v) is 2.79. The van der Waals surface area contributed by atoms with E-state index in [1.807, 2.05) is 48.5 Å². The number of allylic oxidation sites excluding steroid dienone is 1. The van der Waals surface area contributed by atoms with Crippen molar-refractivity contribution in [1.82, 2.24) is 15.0 Å². The van der Waals surface area contributed by atoms with Gasteiger partial charge in [0.2, 0.25) is 0 Å². The van der Waals surface area contributed by atoms with Gasteiger partial charge in [-0.05, 0) is 24.3 Å². The van der Waals surface area contributed by atoms with Gasteiger partial charge in [0.25, 0.3) is 0 Å². The van der Waals surface area contributed by atoms with Crippen molar-refractivity contribution < 1.29 is 14.6 Å². The summed E-state index contributed by atoms with van der Waals surface area (Å²) in [5, 5.41) is 20.5. The highest BCUT2D eigenvalue weighted by Gasteiger charge is 2.16. The van der Waals surface area contributed by atoms with Crippen molar-refractivity contribution in [2.24, 2.45) is 0 Å². The lowest BCUT2D eigenvalue weighted by molar-refractivity contribution is 0.0497. The molecule has 0 bridgehead atoms. The van der Waals surface area contributed by atoms with E-state index >= 15 is 0 Å². The third kappa shape index (κ3) is 3.12. The van der Waals surface area contributed by atoms with Crippen molar-refractivity contribution in [3.8, 4) is 6.07 Å². The second-order valence-electron chi connectivity index (χ2n) is 5.88. The number of aliphatic hydroxyl groups excluding tert-OH is 1. The van der Waals surface area contributed by atoms with Crippen LogP contribution in [0.15, 0.2) is 60.4 Å². The summed E-state index contributed by atoms with van der Waals surface area (Å²) in [6.45, 7) is -0.436. The average molecular weight is 358 g/mol. The van der Waals surface area contributed by atoms with Gasteiger partial charge in [0.1, 0.15) is 23.9 Å². The number of carbonyl (C=O) groups excluding carboxylic acids is 1. The molecule has 0 unspecified atom stereocenters. The van der Waals surface area contributed by atoms with Gasteiger partial charge in [-0.15, -0.1) is 0 Å². The number of hydrogen-bond donors (Lipinski definition) is 3. The highest BCUT2D eigenvalue weighted by molar-refractivity contribution is 5.95. The quantitative estimate of drug-likeness (QED) is 0.292. The Hall–Kier alpha value is -4.05. The molecule has 0 atom stereocenters. The molecule has 0 saturated heterocycles. The highest BCUT2D eigenvalue weighted by Crippen LogP contribution is 2.19. The Morgan fingerprint density at radius 1 is 1.11 bits per heavy atom. The molecule has 132 valence electrons. The molecule has 0 aliphatic heterocycles. The van der Waals surface area contributed by atoms with Crippen molar-refractivity contribution in [1.29, 1.82) is 5.26 Å². The lowest BCUT2D eigenvalue weighted by Gasteiger charge is -2.04. The fourth-order valence-electron chi connectivity index (χ4n) is 2.79. The lowest BCUT2D eigenvalue weighted by Crippen LogP contribution is -2.09. The Labute approximate surface area is 153 Å². The smallest absolute Gasteiger partial charge is 0.355 e. The van der Waals surface area contributed by atoms with Crippen molar-refractivity contribution in [3.05, 3.63) is 71.9 Å². The minimum absolute atomic E-state index is 0.0735. The maximum absolute atomic E-state index is 12.2. The summed E-state index contributed by atoms with van der Waals surface area (Å²) in [7, 11) is 0. The summed E-state index contributed by atoms with van der Waals surface area (Å²) in [6, 6.07) is 18.3. The molecule has 0 spiro atoms. The standard InChI is InChI=1S/C20H14N4O3/c21-10-13(19-23-15-7-3-4-8-16(15)24-19)18(25)11-27-20(26)17-9-12-5-1-2-6-14(12)22-17/h1-9,22,25H,11H2,(H,23,24)/b18-13-. The number of nitriles is 1. The number of aromatic amines is 2. The number of ether oxygens (including phenoxy) is 1. The fraction of sp³-hybridized carbons (Fsp3) is 0.0500. The van der Waals surface area contributed by atoms with E-state index < -0.39 is 12.6 Å². The van der Waals surface area contributed by atoms with Crippen LogP contribution >= 0.6 is 0 Å². The van der Waals surface area contributed by atoms with Crippen LogP contribution in [0.1, 0.15) is 16.3 Å². The number of esters is 1. The van der Waals surface area contributed by atoms with Crippen molar-refractivity contribution in [3.63, 3.8) is 0 Å². The van der Waals surface area contributed by atoms with E-state index in [4.69, 9.17) is 4.74 Å². The zero-order valence-corrected chi connectivity index (χ0v) is 14.1. The van der Waals surface area contributed by atoms with Crippen LogP contribution in [0.5, 0.6) is 0 Å². The maximum Gasteiger partial charge on any atom is 0.355 e. The van der Waals surface area contributed by atoms with Gasteiger partial charge in [-0.3, -0.25) is 0 Å². The van der Waals surface area contributed by atoms with Crippen molar-refractivity contribution in [2.75, 3.05) is 6.61 Å². The number of benzene rings is 2. The molecule has 4 rings (SSSR count). The largest absolute Gasteiger partial charge is 0.507 e. The van der Waals surface area contributed by atoms with Gasteiger partial charge in [-0.25, -0.2) is 9.78 Å². The topological polar surface area (TPSA) is 115 Å². The maximum atomic E-state index is 12.2. The van der Waals surface area contributed by atoms with Gasteiger partial charge < -0.3 is 19.8 Å². The summed E-state index contributed by atoms with van der Waals surface area (Å²) >= 11 is 0. The molecule has 7 heteroatoms. The van der Waals surface area contributed by atoms with Crippen LogP contribution in [0.25, 0.3) is 27.5 Å². The minimum Gasteiger partial charge on any atom is -0.507 e. The molecule has 7 nitrogen and oxygen atoms in total. The van der Waals surface area contributed by atoms with E-state index in [1.54, 1.807) is 12.1 Å². The molecule has 3 N–H and O–H groups in total. The molecule has 0 aliphatic rings. The summed E-state index contributed by atoms with van der Waals surface area (Å²) in [6.07, 6.45) is 0. The Morgan fingerprint density at radius 3 is 2.59 bits per heavy atom. The van der Waals surface area contributed by atoms with Gasteiger partial charge in [-0.2, -0.15) is 5.26 Å². The summed E-state index contributed by atoms with van der Waals surface area (Å²) in [4.78, 5) is 22.4. The van der Waals surface area contributed by atoms with Gasteiger partial charge in [0.15, 0.2) is 11.6 Å². The predicted octanol–water partition coefficient (Wildman–Crippen LogP) is 3.69. The zero-order chi connectivity index (χ0) is 18.8. The summed E-state index contributed by atoms with van der Waals surface area (Å²) in [5.74, 6) is -0.779. The number of fused-ring (bicyclic) bond motifs is 2. The second kappa shape index (κ2) is 6.69. The molecule has 0 radical (unpaired) electrons. The number of imidazole rings is 1. The normalized spacial score (nSPS) is 12.0. The van der Waals surface area contributed by atoms with Crippen LogP contribution in [0.3, 0.4) is 0 Å². The van der Waals surface area contributed by atoms with Crippen LogP contribution in [-0.4, -0.2) is 32.6 Å². The monoisotopic (exact) mass is 358 g/mol. The Morgan fingerprint density at radius 2 is 1.85 bits per heavy atom. The highest BCUT2D eigenvalue weighted by atomic mass is 16.5. The van der Waals surface area contributed by atoms with Gasteiger partial charge in [0.05, 0.1) is 11.0 Å².